The second-order valence-corrected chi connectivity index (χ2v) is 6.23. The van der Waals surface area contributed by atoms with E-state index in [9.17, 15) is 9.59 Å². The number of benzene rings is 2. The number of furan rings is 1. The van der Waals surface area contributed by atoms with Crippen molar-refractivity contribution < 1.29 is 14.0 Å². The van der Waals surface area contributed by atoms with Gasteiger partial charge in [0.15, 0.2) is 0 Å². The fraction of sp³-hybridized carbons (Fsp3) is 0.0526. The number of amides is 2. The van der Waals surface area contributed by atoms with Crippen molar-refractivity contribution in [1.82, 2.24) is 5.32 Å². The normalized spacial score (nSPS) is 10.4. The number of hydrogen-bond acceptors (Lipinski definition) is 3. The summed E-state index contributed by atoms with van der Waals surface area (Å²) in [4.78, 5) is 24.9. The topological polar surface area (TPSA) is 71.3 Å². The highest BCUT2D eigenvalue weighted by Crippen LogP contribution is 2.23. The molecule has 0 aliphatic rings. The summed E-state index contributed by atoms with van der Waals surface area (Å²) in [5.41, 5.74) is 0.972. The van der Waals surface area contributed by atoms with Gasteiger partial charge in [-0.25, -0.2) is 0 Å². The third-order valence-corrected chi connectivity index (χ3v) is 4.15. The van der Waals surface area contributed by atoms with Crippen molar-refractivity contribution in [3.05, 3.63) is 87.8 Å². The molecule has 0 fully saturated rings. The lowest BCUT2D eigenvalue weighted by Gasteiger charge is -2.12. The maximum atomic E-state index is 12.5. The van der Waals surface area contributed by atoms with Crippen molar-refractivity contribution in [2.45, 2.75) is 6.54 Å². The first-order valence-electron chi connectivity index (χ1n) is 7.70. The number of anilines is 1. The van der Waals surface area contributed by atoms with Crippen molar-refractivity contribution in [2.24, 2.45) is 0 Å². The molecule has 0 radical (unpaired) electrons. The average Bonchev–Trinajstić information content (AvgIpc) is 3.13. The molecule has 2 amide bonds. The van der Waals surface area contributed by atoms with Gasteiger partial charge in [-0.1, -0.05) is 35.3 Å². The van der Waals surface area contributed by atoms with Gasteiger partial charge >= 0.3 is 0 Å². The Labute approximate surface area is 159 Å². The SMILES string of the molecule is O=C(Nc1ccccc1C(=O)NCc1ccco1)c1ccc(Cl)cc1Cl. The van der Waals surface area contributed by atoms with Crippen LogP contribution in [0.15, 0.2) is 65.3 Å². The third-order valence-electron chi connectivity index (χ3n) is 3.60. The summed E-state index contributed by atoms with van der Waals surface area (Å²) < 4.78 is 5.19. The molecule has 0 aliphatic heterocycles. The van der Waals surface area contributed by atoms with E-state index in [0.29, 0.717) is 22.0 Å². The van der Waals surface area contributed by atoms with Crippen LogP contribution in [0.2, 0.25) is 10.0 Å². The number of carbonyl (C=O) groups is 2. The van der Waals surface area contributed by atoms with Crippen LogP contribution >= 0.6 is 23.2 Å². The van der Waals surface area contributed by atoms with E-state index < -0.39 is 5.91 Å². The van der Waals surface area contributed by atoms with Gasteiger partial charge in [-0.2, -0.15) is 0 Å². The largest absolute Gasteiger partial charge is 0.467 e. The molecule has 0 saturated carbocycles. The standard InChI is InChI=1S/C19H14Cl2N2O3/c20-12-7-8-14(16(21)10-12)19(25)23-17-6-2-1-5-15(17)18(24)22-11-13-4-3-9-26-13/h1-10H,11H2,(H,22,24)(H,23,25). The quantitative estimate of drug-likeness (QED) is 0.661. The van der Waals surface area contributed by atoms with Crippen molar-refractivity contribution in [3.63, 3.8) is 0 Å². The smallest absolute Gasteiger partial charge is 0.257 e. The molecule has 2 N–H and O–H groups in total. The van der Waals surface area contributed by atoms with Gasteiger partial charge < -0.3 is 15.1 Å². The van der Waals surface area contributed by atoms with Crippen LogP contribution in [0.25, 0.3) is 0 Å². The fourth-order valence-corrected chi connectivity index (χ4v) is 2.82. The van der Waals surface area contributed by atoms with E-state index in [1.165, 1.54) is 18.4 Å². The van der Waals surface area contributed by atoms with Crippen LogP contribution < -0.4 is 10.6 Å². The molecule has 7 heteroatoms. The summed E-state index contributed by atoms with van der Waals surface area (Å²) in [6, 6.07) is 14.8. The maximum absolute atomic E-state index is 12.5. The minimum atomic E-state index is -0.432. The highest BCUT2D eigenvalue weighted by atomic mass is 35.5. The highest BCUT2D eigenvalue weighted by Gasteiger charge is 2.16. The molecule has 0 unspecified atom stereocenters. The average molecular weight is 389 g/mol. The van der Waals surface area contributed by atoms with Gasteiger partial charge in [0, 0.05) is 5.02 Å². The number of carbonyl (C=O) groups excluding carboxylic acids is 2. The van der Waals surface area contributed by atoms with E-state index in [4.69, 9.17) is 27.6 Å². The van der Waals surface area contributed by atoms with Crippen molar-refractivity contribution in [1.29, 1.82) is 0 Å². The monoisotopic (exact) mass is 388 g/mol. The number of nitrogens with one attached hydrogen (secondary N) is 2. The van der Waals surface area contributed by atoms with E-state index in [2.05, 4.69) is 10.6 Å². The minimum Gasteiger partial charge on any atom is -0.467 e. The fourth-order valence-electron chi connectivity index (χ4n) is 2.33. The summed E-state index contributed by atoms with van der Waals surface area (Å²) in [6.07, 6.45) is 1.53. The Kier molecular flexibility index (Phi) is 5.61. The van der Waals surface area contributed by atoms with E-state index >= 15 is 0 Å². The van der Waals surface area contributed by atoms with E-state index in [1.54, 1.807) is 42.5 Å². The number of halogens is 2. The molecule has 0 atom stereocenters. The summed E-state index contributed by atoms with van der Waals surface area (Å²) in [7, 11) is 0. The molecule has 5 nitrogen and oxygen atoms in total. The van der Waals surface area contributed by atoms with Crippen molar-refractivity contribution in [2.75, 3.05) is 5.32 Å². The van der Waals surface area contributed by atoms with Crippen LogP contribution in [-0.2, 0) is 6.54 Å². The maximum Gasteiger partial charge on any atom is 0.257 e. The predicted molar refractivity (Wildman–Crippen MR) is 101 cm³/mol. The van der Waals surface area contributed by atoms with Crippen LogP contribution in [0.3, 0.4) is 0 Å². The Morgan fingerprint density at radius 2 is 1.73 bits per heavy atom. The molecule has 0 aliphatic carbocycles. The Hall–Kier alpha value is -2.76. The van der Waals surface area contributed by atoms with Gasteiger partial charge in [0.05, 0.1) is 34.6 Å². The van der Waals surface area contributed by atoms with Gasteiger partial charge in [-0.05, 0) is 42.5 Å². The van der Waals surface area contributed by atoms with Crippen molar-refractivity contribution in [3.8, 4) is 0 Å². The molecular weight excluding hydrogens is 375 g/mol. The van der Waals surface area contributed by atoms with Crippen LogP contribution in [0.5, 0.6) is 0 Å². The zero-order valence-electron chi connectivity index (χ0n) is 13.5. The molecule has 3 rings (SSSR count). The lowest BCUT2D eigenvalue weighted by atomic mass is 10.1. The lowest BCUT2D eigenvalue weighted by Crippen LogP contribution is -2.24. The predicted octanol–water partition coefficient (Wildman–Crippen LogP) is 4.77. The number of rotatable bonds is 5. The van der Waals surface area contributed by atoms with Gasteiger partial charge in [-0.3, -0.25) is 9.59 Å². The first kappa shape index (κ1) is 18.0. The number of para-hydroxylation sites is 1. The van der Waals surface area contributed by atoms with Crippen LogP contribution in [0.1, 0.15) is 26.5 Å². The second kappa shape index (κ2) is 8.08. The lowest BCUT2D eigenvalue weighted by molar-refractivity contribution is 0.0949. The van der Waals surface area contributed by atoms with E-state index in [0.717, 1.165) is 0 Å². The number of hydrogen-bond donors (Lipinski definition) is 2. The molecule has 2 aromatic carbocycles. The van der Waals surface area contributed by atoms with E-state index in [-0.39, 0.29) is 23.0 Å². The third kappa shape index (κ3) is 4.25. The zero-order valence-corrected chi connectivity index (χ0v) is 15.0. The molecule has 1 heterocycles. The Bertz CT molecular complexity index is 940. The summed E-state index contributed by atoms with van der Waals surface area (Å²) >= 11 is 11.9. The van der Waals surface area contributed by atoms with Gasteiger partial charge in [0.2, 0.25) is 0 Å². The first-order chi connectivity index (χ1) is 12.5. The molecule has 1 aromatic heterocycles. The highest BCUT2D eigenvalue weighted by molar-refractivity contribution is 6.37. The van der Waals surface area contributed by atoms with Gasteiger partial charge in [0.1, 0.15) is 5.76 Å². The molecule has 3 aromatic rings. The molecule has 132 valence electrons. The van der Waals surface area contributed by atoms with Crippen LogP contribution in [-0.4, -0.2) is 11.8 Å². The summed E-state index contributed by atoms with van der Waals surface area (Å²) in [5, 5.41) is 6.12. The zero-order chi connectivity index (χ0) is 18.5. The van der Waals surface area contributed by atoms with Crippen molar-refractivity contribution >= 4 is 40.7 Å². The van der Waals surface area contributed by atoms with Crippen LogP contribution in [0, 0.1) is 0 Å². The summed E-state index contributed by atoms with van der Waals surface area (Å²) in [6.45, 7) is 0.247. The van der Waals surface area contributed by atoms with Gasteiger partial charge in [0.25, 0.3) is 11.8 Å². The molecular formula is C19H14Cl2N2O3. The summed E-state index contributed by atoms with van der Waals surface area (Å²) in [5.74, 6) is -0.134. The Morgan fingerprint density at radius 3 is 2.46 bits per heavy atom. The van der Waals surface area contributed by atoms with E-state index in [1.807, 2.05) is 0 Å². The van der Waals surface area contributed by atoms with Gasteiger partial charge in [-0.15, -0.1) is 0 Å². The van der Waals surface area contributed by atoms with Crippen LogP contribution in [0.4, 0.5) is 5.69 Å². The molecule has 26 heavy (non-hydrogen) atoms. The Balaban J connectivity index is 1.76. The molecule has 0 saturated heterocycles. The Morgan fingerprint density at radius 1 is 0.923 bits per heavy atom. The minimum absolute atomic E-state index is 0.231. The molecule has 0 spiro atoms. The molecule has 0 bridgehead atoms. The second-order valence-electron chi connectivity index (χ2n) is 5.39. The first-order valence-corrected chi connectivity index (χ1v) is 8.46.